The molecule has 0 amide bonds. The van der Waals surface area contributed by atoms with E-state index in [1.807, 2.05) is 0 Å². The molecule has 0 aromatic carbocycles. The lowest BCUT2D eigenvalue weighted by atomic mass is 11.0. The van der Waals surface area contributed by atoms with E-state index in [-0.39, 0.29) is 0 Å². The van der Waals surface area contributed by atoms with Crippen molar-refractivity contribution in [2.24, 2.45) is 0 Å². The molecule has 0 heterocycles. The predicted octanol–water partition coefficient (Wildman–Crippen LogP) is 1.64. The second kappa shape index (κ2) is 3.47. The summed E-state index contributed by atoms with van der Waals surface area (Å²) in [5.41, 5.74) is 0. The van der Waals surface area contributed by atoms with Gasteiger partial charge in [-0.1, -0.05) is 11.6 Å². The van der Waals surface area contributed by atoms with E-state index in [9.17, 15) is 0 Å². The molecule has 7 heavy (non-hydrogen) atoms. The van der Waals surface area contributed by atoms with Gasteiger partial charge in [0.05, 0.1) is 6.00 Å². The Morgan fingerprint density at radius 2 is 2.29 bits per heavy atom. The summed E-state index contributed by atoms with van der Waals surface area (Å²) in [5.74, 6) is 0. The fraction of sp³-hybridized carbons (Fsp3) is 0.667. The first kappa shape index (κ1) is 7.47. The zero-order valence-electron chi connectivity index (χ0n) is 3.82. The molecule has 0 aromatic rings. The van der Waals surface area contributed by atoms with Crippen molar-refractivity contribution in [1.29, 1.82) is 0 Å². The van der Waals surface area contributed by atoms with E-state index in [0.717, 1.165) is 0 Å². The van der Waals surface area contributed by atoms with Crippen LogP contribution in [0.5, 0.6) is 0 Å². The molecular formula is C3H5Cl2NS. The first-order chi connectivity index (χ1) is 3.18. The molecule has 0 aliphatic carbocycles. The Hall–Kier alpha value is 0.470. The van der Waals surface area contributed by atoms with Gasteiger partial charge in [-0.3, -0.25) is 0 Å². The molecule has 0 rings (SSSR count). The van der Waals surface area contributed by atoms with Gasteiger partial charge >= 0.3 is 0 Å². The monoisotopic (exact) mass is 157 g/mol. The van der Waals surface area contributed by atoms with Crippen molar-refractivity contribution in [3.05, 3.63) is 0 Å². The molecule has 0 N–H and O–H groups in total. The van der Waals surface area contributed by atoms with Crippen molar-refractivity contribution in [2.75, 3.05) is 13.1 Å². The third-order valence-electron chi connectivity index (χ3n) is 0.479. The van der Waals surface area contributed by atoms with Crippen LogP contribution in [0.25, 0.3) is 0 Å². The molecule has 4 heteroatoms. The Morgan fingerprint density at radius 3 is 2.29 bits per heavy atom. The van der Waals surface area contributed by atoms with Crippen LogP contribution in [-0.2, 0) is 0 Å². The summed E-state index contributed by atoms with van der Waals surface area (Å²) in [7, 11) is 1.72. The maximum atomic E-state index is 5.30. The zero-order valence-corrected chi connectivity index (χ0v) is 6.15. The van der Waals surface area contributed by atoms with E-state index in [1.165, 1.54) is 0 Å². The third-order valence-corrected chi connectivity index (χ3v) is 1.44. The molecule has 0 unspecified atom stereocenters. The maximum Gasteiger partial charge on any atom is 0.170 e. The molecule has 0 aliphatic heterocycles. The minimum absolute atomic E-state index is 0.301. The second-order valence-corrected chi connectivity index (χ2v) is 2.28. The standard InChI is InChI=1S/C3H5Cl2NS/c1-6(2-4)3(5)7/h2H2,1H3. The molecule has 0 saturated heterocycles. The van der Waals surface area contributed by atoms with Crippen molar-refractivity contribution in [2.45, 2.75) is 0 Å². The van der Waals surface area contributed by atoms with Gasteiger partial charge in [0.2, 0.25) is 0 Å². The fourth-order valence-corrected chi connectivity index (χ4v) is 0.423. The highest BCUT2D eigenvalue weighted by atomic mass is 35.5. The number of hydrogen-bond acceptors (Lipinski definition) is 1. The number of nitrogens with zero attached hydrogens (tertiary/aromatic N) is 1. The highest BCUT2D eigenvalue weighted by Gasteiger charge is 1.93. The smallest absolute Gasteiger partial charge is 0.170 e. The number of halogens is 2. The highest BCUT2D eigenvalue weighted by molar-refractivity contribution is 7.83. The molecule has 0 aliphatic rings. The van der Waals surface area contributed by atoms with E-state index >= 15 is 0 Å². The van der Waals surface area contributed by atoms with Gasteiger partial charge in [0.1, 0.15) is 0 Å². The van der Waals surface area contributed by atoms with Crippen LogP contribution >= 0.6 is 35.4 Å². The minimum Gasteiger partial charge on any atom is -0.343 e. The van der Waals surface area contributed by atoms with E-state index in [4.69, 9.17) is 23.2 Å². The fourth-order valence-electron chi connectivity index (χ4n) is 0.0470. The van der Waals surface area contributed by atoms with Gasteiger partial charge in [-0.15, -0.1) is 11.6 Å². The molecule has 0 aromatic heterocycles. The summed E-state index contributed by atoms with van der Waals surface area (Å²) in [4.78, 5) is 1.55. The van der Waals surface area contributed by atoms with Crippen molar-refractivity contribution in [3.63, 3.8) is 0 Å². The molecule has 0 bridgehead atoms. The Bertz CT molecular complexity index is 75.3. The topological polar surface area (TPSA) is 3.24 Å². The summed E-state index contributed by atoms with van der Waals surface area (Å²) in [6.45, 7) is 0. The molecule has 0 radical (unpaired) electrons. The lowest BCUT2D eigenvalue weighted by molar-refractivity contribution is 0.616. The van der Waals surface area contributed by atoms with Crippen LogP contribution in [0.1, 0.15) is 0 Å². The molecule has 1 nitrogen and oxygen atoms in total. The lowest BCUT2D eigenvalue weighted by Gasteiger charge is -2.08. The quantitative estimate of drug-likeness (QED) is 0.247. The van der Waals surface area contributed by atoms with E-state index in [0.29, 0.717) is 10.5 Å². The van der Waals surface area contributed by atoms with Crippen molar-refractivity contribution < 1.29 is 0 Å². The van der Waals surface area contributed by atoms with Crippen molar-refractivity contribution in [1.82, 2.24) is 4.90 Å². The van der Waals surface area contributed by atoms with E-state index in [2.05, 4.69) is 12.2 Å². The molecule has 0 spiro atoms. The summed E-state index contributed by atoms with van der Waals surface area (Å²) in [5, 5.41) is 0. The maximum absolute atomic E-state index is 5.30. The average Bonchev–Trinajstić information content (AvgIpc) is 1.65. The molecule has 42 valence electrons. The minimum atomic E-state index is 0.301. The average molecular weight is 158 g/mol. The first-order valence-corrected chi connectivity index (χ1v) is 2.97. The van der Waals surface area contributed by atoms with Crippen LogP contribution in [0.3, 0.4) is 0 Å². The normalized spacial score (nSPS) is 8.43. The lowest BCUT2D eigenvalue weighted by Crippen LogP contribution is -2.17. The summed E-state index contributed by atoms with van der Waals surface area (Å²) in [6.07, 6.45) is 0. The van der Waals surface area contributed by atoms with Crippen molar-refractivity contribution >= 4 is 39.9 Å². The van der Waals surface area contributed by atoms with Crippen LogP contribution in [0.2, 0.25) is 0 Å². The van der Waals surface area contributed by atoms with Gasteiger partial charge in [0.25, 0.3) is 0 Å². The van der Waals surface area contributed by atoms with Gasteiger partial charge in [0.15, 0.2) is 4.45 Å². The molecule has 0 atom stereocenters. The van der Waals surface area contributed by atoms with Gasteiger partial charge in [-0.2, -0.15) is 0 Å². The number of alkyl halides is 1. The first-order valence-electron chi connectivity index (χ1n) is 1.65. The molecular weight excluding hydrogens is 153 g/mol. The van der Waals surface area contributed by atoms with Crippen LogP contribution < -0.4 is 0 Å². The van der Waals surface area contributed by atoms with E-state index in [1.54, 1.807) is 11.9 Å². The zero-order chi connectivity index (χ0) is 5.86. The Morgan fingerprint density at radius 1 is 1.86 bits per heavy atom. The van der Waals surface area contributed by atoms with Gasteiger partial charge in [-0.25, -0.2) is 0 Å². The van der Waals surface area contributed by atoms with Crippen LogP contribution in [0.4, 0.5) is 0 Å². The van der Waals surface area contributed by atoms with Crippen LogP contribution in [-0.4, -0.2) is 22.4 Å². The SMILES string of the molecule is CN(CCl)C(=S)Cl. The molecule has 0 saturated carbocycles. The van der Waals surface area contributed by atoms with Gasteiger partial charge < -0.3 is 4.90 Å². The summed E-state index contributed by atoms with van der Waals surface area (Å²) < 4.78 is 0.301. The third kappa shape index (κ3) is 3.09. The Kier molecular flexibility index (Phi) is 3.70. The summed E-state index contributed by atoms with van der Waals surface area (Å²) in [6, 6.07) is 0.350. The Labute approximate surface area is 58.2 Å². The second-order valence-electron chi connectivity index (χ2n) is 1.07. The largest absolute Gasteiger partial charge is 0.343 e. The molecule has 0 fully saturated rings. The number of thiocarbonyl (C=S) groups is 1. The number of hydrogen-bond donors (Lipinski definition) is 0. The van der Waals surface area contributed by atoms with Crippen LogP contribution in [0, 0.1) is 0 Å². The van der Waals surface area contributed by atoms with Gasteiger partial charge in [0, 0.05) is 7.05 Å². The van der Waals surface area contributed by atoms with Crippen LogP contribution in [0.15, 0.2) is 0 Å². The Balaban J connectivity index is 3.34. The van der Waals surface area contributed by atoms with Gasteiger partial charge in [-0.05, 0) is 12.2 Å². The number of rotatable bonds is 1. The highest BCUT2D eigenvalue weighted by Crippen LogP contribution is 1.92. The van der Waals surface area contributed by atoms with E-state index < -0.39 is 0 Å². The van der Waals surface area contributed by atoms with Crippen molar-refractivity contribution in [3.8, 4) is 0 Å². The summed E-state index contributed by atoms with van der Waals surface area (Å²) >= 11 is 15.1. The predicted molar refractivity (Wildman–Crippen MR) is 36.9 cm³/mol.